The van der Waals surface area contributed by atoms with E-state index < -0.39 is 41.1 Å². The highest BCUT2D eigenvalue weighted by Gasteiger charge is 2.63. The molecule has 1 aromatic rings. The first-order valence-electron chi connectivity index (χ1n) is 12.4. The zero-order valence-electron chi connectivity index (χ0n) is 21.2. The fourth-order valence-corrected chi connectivity index (χ4v) is 6.05. The SMILES string of the molecule is CC[C@H](C)N1C(=O)NC(=O)/C(=C\c2ccc3c(c2)CC2(C(=O)N(C)C(=O)N(C)C2=O)[C@H]2CCCN32)C1=O. The minimum absolute atomic E-state index is 0.0950. The van der Waals surface area contributed by atoms with Crippen LogP contribution in [0.15, 0.2) is 23.8 Å². The molecule has 4 heterocycles. The molecular formula is C26H29N5O6. The van der Waals surface area contributed by atoms with E-state index in [0.717, 1.165) is 26.8 Å². The number of amides is 8. The monoisotopic (exact) mass is 507 g/mol. The lowest BCUT2D eigenvalue weighted by molar-refractivity contribution is -0.159. The number of rotatable bonds is 3. The number of carbonyl (C=O) groups excluding carboxylic acids is 6. The van der Waals surface area contributed by atoms with Gasteiger partial charge >= 0.3 is 12.1 Å². The summed E-state index contributed by atoms with van der Waals surface area (Å²) >= 11 is 0. The average molecular weight is 508 g/mol. The van der Waals surface area contributed by atoms with Gasteiger partial charge in [0, 0.05) is 32.4 Å². The Morgan fingerprint density at radius 1 is 1.08 bits per heavy atom. The topological polar surface area (TPSA) is 127 Å². The molecule has 3 fully saturated rings. The molecule has 11 nitrogen and oxygen atoms in total. The van der Waals surface area contributed by atoms with Crippen LogP contribution < -0.4 is 10.2 Å². The van der Waals surface area contributed by atoms with Crippen molar-refractivity contribution in [3.05, 3.63) is 34.9 Å². The predicted octanol–water partition coefficient (Wildman–Crippen LogP) is 1.51. The Morgan fingerprint density at radius 3 is 2.41 bits per heavy atom. The molecule has 5 rings (SSSR count). The van der Waals surface area contributed by atoms with Crippen LogP contribution in [-0.2, 0) is 25.6 Å². The molecule has 0 aromatic heterocycles. The van der Waals surface area contributed by atoms with Gasteiger partial charge in [-0.25, -0.2) is 9.59 Å². The summed E-state index contributed by atoms with van der Waals surface area (Å²) in [5.74, 6) is -2.48. The molecule has 3 saturated heterocycles. The molecule has 0 unspecified atom stereocenters. The standard InChI is InChI=1S/C26H29N5O6/c1-5-14(2)31-21(33)17(20(32)27-24(31)36)12-15-8-9-18-16(11-15)13-26(19-7-6-10-30(18)19)22(34)28(3)25(37)29(4)23(26)35/h8-9,11-12,14,19H,5-7,10,13H2,1-4H3,(H,27,32,36)/b17-12+/t14-,19+/m0/s1. The summed E-state index contributed by atoms with van der Waals surface area (Å²) < 4.78 is 0. The van der Waals surface area contributed by atoms with Crippen molar-refractivity contribution in [2.24, 2.45) is 5.41 Å². The molecular weight excluding hydrogens is 478 g/mol. The quantitative estimate of drug-likeness (QED) is 0.373. The lowest BCUT2D eigenvalue weighted by Gasteiger charge is -2.50. The normalized spacial score (nSPS) is 25.2. The van der Waals surface area contributed by atoms with Crippen molar-refractivity contribution in [2.75, 3.05) is 25.5 Å². The van der Waals surface area contributed by atoms with Gasteiger partial charge in [-0.2, -0.15) is 0 Å². The maximum Gasteiger partial charge on any atom is 0.332 e. The fourth-order valence-electron chi connectivity index (χ4n) is 6.05. The summed E-state index contributed by atoms with van der Waals surface area (Å²) in [5.41, 5.74) is 0.513. The molecule has 0 radical (unpaired) electrons. The van der Waals surface area contributed by atoms with E-state index in [2.05, 4.69) is 10.2 Å². The van der Waals surface area contributed by atoms with E-state index >= 15 is 0 Å². The average Bonchev–Trinajstić information content (AvgIpc) is 3.38. The van der Waals surface area contributed by atoms with Crippen molar-refractivity contribution < 1.29 is 28.8 Å². The Hall–Kier alpha value is -4.02. The van der Waals surface area contributed by atoms with Gasteiger partial charge in [0.15, 0.2) is 5.41 Å². The molecule has 0 aliphatic carbocycles. The third-order valence-corrected chi connectivity index (χ3v) is 8.13. The maximum atomic E-state index is 13.6. The Balaban J connectivity index is 1.57. The van der Waals surface area contributed by atoms with Gasteiger partial charge in [-0.05, 0) is 61.9 Å². The van der Waals surface area contributed by atoms with Crippen LogP contribution in [0, 0.1) is 5.41 Å². The summed E-state index contributed by atoms with van der Waals surface area (Å²) in [6.07, 6.45) is 3.50. The van der Waals surface area contributed by atoms with Crippen molar-refractivity contribution in [2.45, 2.75) is 51.6 Å². The Morgan fingerprint density at radius 2 is 1.76 bits per heavy atom. The minimum Gasteiger partial charge on any atom is -0.367 e. The van der Waals surface area contributed by atoms with Gasteiger partial charge in [0.1, 0.15) is 5.57 Å². The van der Waals surface area contributed by atoms with Crippen LogP contribution in [0.3, 0.4) is 0 Å². The van der Waals surface area contributed by atoms with Crippen LogP contribution in [0.25, 0.3) is 6.08 Å². The van der Waals surface area contributed by atoms with Gasteiger partial charge in [0.25, 0.3) is 11.8 Å². The fraction of sp³-hybridized carbons (Fsp3) is 0.462. The van der Waals surface area contributed by atoms with E-state index in [-0.39, 0.29) is 24.1 Å². The van der Waals surface area contributed by atoms with Crippen LogP contribution in [0.5, 0.6) is 0 Å². The first-order valence-corrected chi connectivity index (χ1v) is 12.4. The molecule has 2 atom stereocenters. The van der Waals surface area contributed by atoms with Crippen molar-refractivity contribution >= 4 is 47.5 Å². The number of nitrogens with zero attached hydrogens (tertiary/aromatic N) is 4. The summed E-state index contributed by atoms with van der Waals surface area (Å²) in [6.45, 7) is 4.23. The lowest BCUT2D eigenvalue weighted by Crippen LogP contribution is -2.70. The number of benzene rings is 1. The number of imide groups is 4. The highest BCUT2D eigenvalue weighted by molar-refractivity contribution is 6.31. The largest absolute Gasteiger partial charge is 0.367 e. The van der Waals surface area contributed by atoms with Gasteiger partial charge in [-0.1, -0.05) is 13.0 Å². The molecule has 194 valence electrons. The number of carbonyl (C=O) groups is 6. The molecule has 1 N–H and O–H groups in total. The van der Waals surface area contributed by atoms with E-state index in [1.807, 2.05) is 13.0 Å². The molecule has 4 aliphatic rings. The van der Waals surface area contributed by atoms with Gasteiger partial charge in [-0.3, -0.25) is 39.2 Å². The number of nitrogens with one attached hydrogen (secondary N) is 1. The number of anilines is 1. The number of barbiturate groups is 2. The van der Waals surface area contributed by atoms with E-state index in [1.54, 1.807) is 19.1 Å². The molecule has 37 heavy (non-hydrogen) atoms. The molecule has 0 saturated carbocycles. The smallest absolute Gasteiger partial charge is 0.332 e. The Kier molecular flexibility index (Phi) is 5.69. The van der Waals surface area contributed by atoms with Crippen LogP contribution in [0.1, 0.15) is 44.2 Å². The second-order valence-corrected chi connectivity index (χ2v) is 10.1. The second kappa shape index (κ2) is 8.53. The van der Waals surface area contributed by atoms with Crippen molar-refractivity contribution in [1.29, 1.82) is 0 Å². The zero-order chi connectivity index (χ0) is 26.8. The molecule has 1 spiro atoms. The van der Waals surface area contributed by atoms with Gasteiger partial charge < -0.3 is 4.90 Å². The number of hydrogen-bond donors (Lipinski definition) is 1. The first-order chi connectivity index (χ1) is 17.5. The molecule has 1 aromatic carbocycles. The minimum atomic E-state index is -1.44. The maximum absolute atomic E-state index is 13.6. The summed E-state index contributed by atoms with van der Waals surface area (Å²) in [4.78, 5) is 82.6. The predicted molar refractivity (Wildman–Crippen MR) is 132 cm³/mol. The summed E-state index contributed by atoms with van der Waals surface area (Å²) in [5, 5.41) is 2.23. The van der Waals surface area contributed by atoms with Gasteiger partial charge in [0.05, 0.1) is 6.04 Å². The summed E-state index contributed by atoms with van der Waals surface area (Å²) in [7, 11) is 2.78. The lowest BCUT2D eigenvalue weighted by atomic mass is 9.68. The van der Waals surface area contributed by atoms with Gasteiger partial charge in [0.2, 0.25) is 11.8 Å². The van der Waals surface area contributed by atoms with E-state index in [4.69, 9.17) is 0 Å². The number of fused-ring (bicyclic) bond motifs is 4. The summed E-state index contributed by atoms with van der Waals surface area (Å²) in [6, 6.07) is 3.24. The molecule has 4 aliphatic heterocycles. The highest BCUT2D eigenvalue weighted by Crippen LogP contribution is 2.49. The van der Waals surface area contributed by atoms with Crippen LogP contribution in [0.4, 0.5) is 15.3 Å². The number of urea groups is 2. The van der Waals surface area contributed by atoms with Crippen LogP contribution in [-0.4, -0.2) is 83.1 Å². The van der Waals surface area contributed by atoms with Crippen LogP contribution >= 0.6 is 0 Å². The second-order valence-electron chi connectivity index (χ2n) is 10.1. The van der Waals surface area contributed by atoms with Crippen molar-refractivity contribution in [3.63, 3.8) is 0 Å². The molecule has 11 heteroatoms. The third-order valence-electron chi connectivity index (χ3n) is 8.13. The molecule has 0 bridgehead atoms. The van der Waals surface area contributed by atoms with Crippen molar-refractivity contribution in [1.82, 2.24) is 20.0 Å². The Labute approximate surface area is 214 Å². The zero-order valence-corrected chi connectivity index (χ0v) is 21.2. The van der Waals surface area contributed by atoms with E-state index in [1.165, 1.54) is 20.2 Å². The van der Waals surface area contributed by atoms with Crippen LogP contribution in [0.2, 0.25) is 0 Å². The van der Waals surface area contributed by atoms with E-state index in [9.17, 15) is 28.8 Å². The third kappa shape index (κ3) is 3.40. The molecule has 8 amide bonds. The first kappa shape index (κ1) is 24.7. The Bertz CT molecular complexity index is 1280. The number of hydrogen-bond acceptors (Lipinski definition) is 7. The van der Waals surface area contributed by atoms with Crippen molar-refractivity contribution in [3.8, 4) is 0 Å². The van der Waals surface area contributed by atoms with E-state index in [0.29, 0.717) is 30.5 Å². The van der Waals surface area contributed by atoms with Gasteiger partial charge in [-0.15, -0.1) is 0 Å². The highest BCUT2D eigenvalue weighted by atomic mass is 16.2.